The Balaban J connectivity index is 3.60. The van der Waals surface area contributed by atoms with Gasteiger partial charge in [-0.1, -0.05) is 13.8 Å². The van der Waals surface area contributed by atoms with Gasteiger partial charge in [0, 0.05) is 12.8 Å². The van der Waals surface area contributed by atoms with Gasteiger partial charge in [-0.2, -0.15) is 0 Å². The number of Topliss-reactive ketones (excluding diaryl/α,β-unsaturated/α-hetero) is 1. The van der Waals surface area contributed by atoms with Crippen LogP contribution in [0.5, 0.6) is 0 Å². The van der Waals surface area contributed by atoms with Crippen molar-refractivity contribution < 1.29 is 9.90 Å². The summed E-state index contributed by atoms with van der Waals surface area (Å²) in [5.74, 6) is 0.270. The van der Waals surface area contributed by atoms with Gasteiger partial charge in [-0.15, -0.1) is 0 Å². The monoisotopic (exact) mass is 172 g/mol. The first kappa shape index (κ1) is 11.6. The third-order valence-corrected chi connectivity index (χ3v) is 2.23. The van der Waals surface area contributed by atoms with Crippen LogP contribution < -0.4 is 0 Å². The van der Waals surface area contributed by atoms with E-state index in [9.17, 15) is 9.90 Å². The number of ketones is 1. The third kappa shape index (κ3) is 5.30. The molecule has 0 radical (unpaired) electrons. The fourth-order valence-corrected chi connectivity index (χ4v) is 0.989. The molecule has 0 aliphatic heterocycles. The zero-order valence-corrected chi connectivity index (χ0v) is 8.39. The number of aliphatic hydroxyl groups is 1. The van der Waals surface area contributed by atoms with Gasteiger partial charge in [-0.05, 0) is 26.2 Å². The molecular formula is C10H20O2. The number of rotatable bonds is 6. The fraction of sp³-hybridized carbons (Fsp3) is 0.900. The minimum atomic E-state index is -0.649. The van der Waals surface area contributed by atoms with Gasteiger partial charge in [0.1, 0.15) is 5.78 Å². The first-order chi connectivity index (χ1) is 5.52. The van der Waals surface area contributed by atoms with Gasteiger partial charge in [0.25, 0.3) is 0 Å². The number of hydrogen-bond donors (Lipinski definition) is 1. The van der Waals surface area contributed by atoms with Crippen molar-refractivity contribution in [2.24, 2.45) is 0 Å². The molecule has 72 valence electrons. The average Bonchev–Trinajstić information content (AvgIpc) is 2.02. The minimum Gasteiger partial charge on any atom is -0.390 e. The molecule has 0 aromatic rings. The lowest BCUT2D eigenvalue weighted by Gasteiger charge is -2.20. The van der Waals surface area contributed by atoms with Crippen LogP contribution in [-0.4, -0.2) is 16.5 Å². The van der Waals surface area contributed by atoms with Crippen molar-refractivity contribution in [2.45, 2.75) is 58.5 Å². The Labute approximate surface area is 75.0 Å². The van der Waals surface area contributed by atoms with Crippen LogP contribution in [0.4, 0.5) is 0 Å². The Hall–Kier alpha value is -0.370. The van der Waals surface area contributed by atoms with Crippen LogP contribution in [0.15, 0.2) is 0 Å². The molecule has 2 heteroatoms. The molecule has 0 aromatic heterocycles. The lowest BCUT2D eigenvalue weighted by atomic mass is 9.95. The first-order valence-corrected chi connectivity index (χ1v) is 4.76. The maximum absolute atomic E-state index is 11.1. The molecule has 0 amide bonds. The Morgan fingerprint density at radius 2 is 1.92 bits per heavy atom. The van der Waals surface area contributed by atoms with Crippen molar-refractivity contribution in [2.75, 3.05) is 0 Å². The number of carbonyl (C=O) groups is 1. The van der Waals surface area contributed by atoms with Crippen LogP contribution >= 0.6 is 0 Å². The van der Waals surface area contributed by atoms with E-state index in [1.54, 1.807) is 6.92 Å². The molecule has 0 aliphatic rings. The second kappa shape index (κ2) is 5.31. The largest absolute Gasteiger partial charge is 0.390 e. The lowest BCUT2D eigenvalue weighted by Crippen LogP contribution is -2.23. The standard InChI is InChI=1S/C10H20O2/c1-4-6-9(11)7-8-10(3,12)5-2/h12H,4-8H2,1-3H3. The average molecular weight is 172 g/mol. The smallest absolute Gasteiger partial charge is 0.133 e. The highest BCUT2D eigenvalue weighted by Gasteiger charge is 2.18. The van der Waals surface area contributed by atoms with E-state index in [4.69, 9.17) is 0 Å². The lowest BCUT2D eigenvalue weighted by molar-refractivity contribution is -0.120. The molecule has 0 aromatic carbocycles. The first-order valence-electron chi connectivity index (χ1n) is 4.76. The highest BCUT2D eigenvalue weighted by Crippen LogP contribution is 2.16. The van der Waals surface area contributed by atoms with Crippen LogP contribution in [0.3, 0.4) is 0 Å². The molecule has 0 bridgehead atoms. The van der Waals surface area contributed by atoms with Crippen molar-refractivity contribution >= 4 is 5.78 Å². The van der Waals surface area contributed by atoms with Crippen molar-refractivity contribution in [1.82, 2.24) is 0 Å². The van der Waals surface area contributed by atoms with Gasteiger partial charge < -0.3 is 5.11 Å². The zero-order valence-electron chi connectivity index (χ0n) is 8.39. The topological polar surface area (TPSA) is 37.3 Å². The third-order valence-electron chi connectivity index (χ3n) is 2.23. The number of carbonyl (C=O) groups excluding carboxylic acids is 1. The maximum Gasteiger partial charge on any atom is 0.133 e. The summed E-state index contributed by atoms with van der Waals surface area (Å²) in [6.45, 7) is 5.71. The number of hydrogen-bond acceptors (Lipinski definition) is 2. The molecule has 0 saturated carbocycles. The van der Waals surface area contributed by atoms with E-state index < -0.39 is 5.60 Å². The summed E-state index contributed by atoms with van der Waals surface area (Å²) < 4.78 is 0. The molecule has 0 saturated heterocycles. The van der Waals surface area contributed by atoms with E-state index in [0.29, 0.717) is 25.7 Å². The van der Waals surface area contributed by atoms with Crippen LogP contribution in [0.25, 0.3) is 0 Å². The predicted octanol–water partition coefficient (Wildman–Crippen LogP) is 2.30. The maximum atomic E-state index is 11.1. The molecule has 1 atom stereocenters. The summed E-state index contributed by atoms with van der Waals surface area (Å²) >= 11 is 0. The van der Waals surface area contributed by atoms with Crippen molar-refractivity contribution in [3.63, 3.8) is 0 Å². The van der Waals surface area contributed by atoms with E-state index in [-0.39, 0.29) is 5.78 Å². The van der Waals surface area contributed by atoms with Gasteiger partial charge >= 0.3 is 0 Å². The summed E-state index contributed by atoms with van der Waals surface area (Å²) in [6, 6.07) is 0. The van der Waals surface area contributed by atoms with Crippen molar-refractivity contribution in [3.05, 3.63) is 0 Å². The van der Waals surface area contributed by atoms with Crippen LogP contribution in [-0.2, 0) is 4.79 Å². The van der Waals surface area contributed by atoms with Gasteiger partial charge in [0.2, 0.25) is 0 Å². The zero-order chi connectivity index (χ0) is 9.61. The minimum absolute atomic E-state index is 0.270. The predicted molar refractivity (Wildman–Crippen MR) is 50.1 cm³/mol. The van der Waals surface area contributed by atoms with E-state index in [1.165, 1.54) is 0 Å². The highest BCUT2D eigenvalue weighted by atomic mass is 16.3. The second-order valence-electron chi connectivity index (χ2n) is 3.64. The molecule has 1 N–H and O–H groups in total. The van der Waals surface area contributed by atoms with Gasteiger partial charge in [0.05, 0.1) is 5.60 Å². The van der Waals surface area contributed by atoms with E-state index in [1.807, 2.05) is 13.8 Å². The molecule has 1 unspecified atom stereocenters. The molecular weight excluding hydrogens is 152 g/mol. The Bertz CT molecular complexity index is 139. The summed E-state index contributed by atoms with van der Waals surface area (Å²) in [5, 5.41) is 9.59. The molecule has 0 spiro atoms. The van der Waals surface area contributed by atoms with E-state index in [0.717, 1.165) is 6.42 Å². The molecule has 0 heterocycles. The molecule has 0 aliphatic carbocycles. The van der Waals surface area contributed by atoms with Gasteiger partial charge in [-0.3, -0.25) is 4.79 Å². The van der Waals surface area contributed by atoms with Crippen LogP contribution in [0.2, 0.25) is 0 Å². The van der Waals surface area contributed by atoms with Gasteiger partial charge in [-0.25, -0.2) is 0 Å². The fourth-order valence-electron chi connectivity index (χ4n) is 0.989. The Kier molecular flexibility index (Phi) is 5.14. The molecule has 2 nitrogen and oxygen atoms in total. The molecule has 0 fully saturated rings. The molecule has 0 rings (SSSR count). The van der Waals surface area contributed by atoms with Crippen molar-refractivity contribution in [3.8, 4) is 0 Å². The van der Waals surface area contributed by atoms with Crippen molar-refractivity contribution in [1.29, 1.82) is 0 Å². The normalized spacial score (nSPS) is 15.7. The van der Waals surface area contributed by atoms with E-state index >= 15 is 0 Å². The SMILES string of the molecule is CCCC(=O)CCC(C)(O)CC. The highest BCUT2D eigenvalue weighted by molar-refractivity contribution is 5.78. The summed E-state index contributed by atoms with van der Waals surface area (Å²) in [5.41, 5.74) is -0.649. The van der Waals surface area contributed by atoms with E-state index in [2.05, 4.69) is 0 Å². The second-order valence-corrected chi connectivity index (χ2v) is 3.64. The quantitative estimate of drug-likeness (QED) is 0.667. The Morgan fingerprint density at radius 3 is 2.33 bits per heavy atom. The summed E-state index contributed by atoms with van der Waals surface area (Å²) in [7, 11) is 0. The van der Waals surface area contributed by atoms with Crippen LogP contribution in [0.1, 0.15) is 52.9 Å². The summed E-state index contributed by atoms with van der Waals surface area (Å²) in [6.07, 6.45) is 3.40. The Morgan fingerprint density at radius 1 is 1.33 bits per heavy atom. The van der Waals surface area contributed by atoms with Crippen LogP contribution in [0, 0.1) is 0 Å². The summed E-state index contributed by atoms with van der Waals surface area (Å²) in [4.78, 5) is 11.1. The molecule has 12 heavy (non-hydrogen) atoms. The van der Waals surface area contributed by atoms with Gasteiger partial charge in [0.15, 0.2) is 0 Å².